The van der Waals surface area contributed by atoms with Crippen LogP contribution in [0.2, 0.25) is 5.02 Å². The first-order valence-corrected chi connectivity index (χ1v) is 6.40. The Balaban J connectivity index is 2.30. The molecule has 0 saturated carbocycles. The van der Waals surface area contributed by atoms with Gasteiger partial charge in [-0.05, 0) is 38.1 Å². The first-order chi connectivity index (χ1) is 8.52. The number of nitrogens with zero attached hydrogens (tertiary/aromatic N) is 1. The van der Waals surface area contributed by atoms with E-state index in [1.54, 1.807) is 4.90 Å². The maximum Gasteiger partial charge on any atom is 0.322 e. The zero-order valence-electron chi connectivity index (χ0n) is 10.9. The van der Waals surface area contributed by atoms with Crippen molar-refractivity contribution in [2.45, 2.75) is 19.9 Å². The fraction of sp³-hybridized carbons (Fsp3) is 0.462. The number of aryl methyl sites for hydroxylation is 2. The van der Waals surface area contributed by atoms with E-state index in [4.69, 9.17) is 11.6 Å². The molecule has 0 aliphatic carbocycles. The Morgan fingerprint density at radius 3 is 2.83 bits per heavy atom. The van der Waals surface area contributed by atoms with E-state index in [9.17, 15) is 4.79 Å². The summed E-state index contributed by atoms with van der Waals surface area (Å²) < 4.78 is 0. The third-order valence-corrected chi connectivity index (χ3v) is 3.38. The predicted octanol–water partition coefficient (Wildman–Crippen LogP) is 2.07. The summed E-state index contributed by atoms with van der Waals surface area (Å²) in [5, 5.41) is 6.64. The maximum atomic E-state index is 12.0. The number of nitrogens with one attached hydrogen (secondary N) is 2. The molecule has 5 heteroatoms. The molecule has 1 aromatic rings. The Morgan fingerprint density at radius 2 is 2.22 bits per heavy atom. The van der Waals surface area contributed by atoms with E-state index in [-0.39, 0.29) is 12.1 Å². The van der Waals surface area contributed by atoms with E-state index in [2.05, 4.69) is 10.6 Å². The maximum absolute atomic E-state index is 12.0. The van der Waals surface area contributed by atoms with Gasteiger partial charge in [0.1, 0.15) is 0 Å². The monoisotopic (exact) mass is 267 g/mol. The lowest BCUT2D eigenvalue weighted by Gasteiger charge is -2.19. The molecular weight excluding hydrogens is 250 g/mol. The molecule has 1 saturated heterocycles. The molecule has 1 aliphatic heterocycles. The van der Waals surface area contributed by atoms with Crippen molar-refractivity contribution < 1.29 is 4.79 Å². The molecule has 18 heavy (non-hydrogen) atoms. The van der Waals surface area contributed by atoms with Crippen molar-refractivity contribution in [3.05, 3.63) is 28.3 Å². The molecule has 98 valence electrons. The number of carbonyl (C=O) groups is 1. The highest BCUT2D eigenvalue weighted by Crippen LogP contribution is 2.32. The summed E-state index contributed by atoms with van der Waals surface area (Å²) in [6.07, 6.45) is 0. The van der Waals surface area contributed by atoms with E-state index < -0.39 is 0 Å². The topological polar surface area (TPSA) is 44.4 Å². The Kier molecular flexibility index (Phi) is 3.78. The highest BCUT2D eigenvalue weighted by Gasteiger charge is 2.31. The number of hydrogen-bond acceptors (Lipinski definition) is 2. The van der Waals surface area contributed by atoms with Crippen LogP contribution in [-0.4, -0.2) is 32.2 Å². The van der Waals surface area contributed by atoms with Crippen LogP contribution in [-0.2, 0) is 0 Å². The predicted molar refractivity (Wildman–Crippen MR) is 74.5 cm³/mol. The lowest BCUT2D eigenvalue weighted by molar-refractivity contribution is 0.250. The van der Waals surface area contributed by atoms with Crippen molar-refractivity contribution in [1.29, 1.82) is 0 Å². The van der Waals surface area contributed by atoms with Crippen molar-refractivity contribution in [2.75, 3.05) is 25.0 Å². The molecule has 1 aliphatic rings. The van der Waals surface area contributed by atoms with Crippen LogP contribution in [0.5, 0.6) is 0 Å². The van der Waals surface area contributed by atoms with Crippen LogP contribution >= 0.6 is 11.6 Å². The lowest BCUT2D eigenvalue weighted by Crippen LogP contribution is -2.35. The number of benzene rings is 1. The van der Waals surface area contributed by atoms with Crippen LogP contribution < -0.4 is 15.5 Å². The second-order valence-electron chi connectivity index (χ2n) is 4.73. The summed E-state index contributed by atoms with van der Waals surface area (Å²) in [6.45, 7) is 5.37. The van der Waals surface area contributed by atoms with Crippen LogP contribution in [0.15, 0.2) is 12.1 Å². The van der Waals surface area contributed by atoms with Crippen molar-refractivity contribution in [3.8, 4) is 0 Å². The average molecular weight is 268 g/mol. The van der Waals surface area contributed by atoms with Crippen LogP contribution in [0.1, 0.15) is 11.1 Å². The van der Waals surface area contributed by atoms with E-state index in [0.717, 1.165) is 23.4 Å². The molecule has 1 unspecified atom stereocenters. The van der Waals surface area contributed by atoms with Crippen LogP contribution in [0.4, 0.5) is 10.5 Å². The minimum Gasteiger partial charge on any atom is -0.332 e. The fourth-order valence-electron chi connectivity index (χ4n) is 2.41. The van der Waals surface area contributed by atoms with E-state index in [1.165, 1.54) is 0 Å². The van der Waals surface area contributed by atoms with Gasteiger partial charge in [0.05, 0.1) is 16.8 Å². The summed E-state index contributed by atoms with van der Waals surface area (Å²) in [7, 11) is 1.87. The highest BCUT2D eigenvalue weighted by atomic mass is 35.5. The average Bonchev–Trinajstić information content (AvgIpc) is 2.59. The van der Waals surface area contributed by atoms with Gasteiger partial charge in [0.2, 0.25) is 0 Å². The molecule has 1 fully saturated rings. The summed E-state index contributed by atoms with van der Waals surface area (Å²) in [5.41, 5.74) is 2.95. The van der Waals surface area contributed by atoms with Gasteiger partial charge in [0, 0.05) is 13.1 Å². The molecule has 1 atom stereocenters. The lowest BCUT2D eigenvalue weighted by atomic mass is 10.1. The Bertz CT molecular complexity index is 452. The van der Waals surface area contributed by atoms with Gasteiger partial charge in [-0.3, -0.25) is 4.90 Å². The number of halogens is 1. The molecular formula is C13H18ClN3O. The minimum absolute atomic E-state index is 0.0795. The van der Waals surface area contributed by atoms with Gasteiger partial charge >= 0.3 is 6.03 Å². The van der Waals surface area contributed by atoms with E-state index in [0.29, 0.717) is 11.6 Å². The SMILES string of the molecule is CNCC1CN(c2c(C)cc(C)cc2Cl)C(=O)N1. The number of anilines is 1. The van der Waals surface area contributed by atoms with Gasteiger partial charge in [-0.25, -0.2) is 4.79 Å². The van der Waals surface area contributed by atoms with Gasteiger partial charge in [0.25, 0.3) is 0 Å². The van der Waals surface area contributed by atoms with E-state index in [1.807, 2.05) is 33.0 Å². The first-order valence-electron chi connectivity index (χ1n) is 6.02. The Hall–Kier alpha value is -1.26. The largest absolute Gasteiger partial charge is 0.332 e. The van der Waals surface area contributed by atoms with Crippen molar-refractivity contribution >= 4 is 23.3 Å². The molecule has 2 N–H and O–H groups in total. The standard InChI is InChI=1S/C13H18ClN3O/c1-8-4-9(2)12(11(14)5-8)17-7-10(6-15-3)16-13(17)18/h4-5,10,15H,6-7H2,1-3H3,(H,16,18). The number of likely N-dealkylation sites (N-methyl/N-ethyl adjacent to an activating group) is 1. The molecule has 0 radical (unpaired) electrons. The quantitative estimate of drug-likeness (QED) is 0.881. The molecule has 0 bridgehead atoms. The second kappa shape index (κ2) is 5.16. The normalized spacial score (nSPS) is 19.2. The first kappa shape index (κ1) is 13.2. The summed E-state index contributed by atoms with van der Waals surface area (Å²) in [6, 6.07) is 3.98. The van der Waals surface area contributed by atoms with Gasteiger partial charge < -0.3 is 10.6 Å². The van der Waals surface area contributed by atoms with Crippen LogP contribution in [0.25, 0.3) is 0 Å². The third-order valence-electron chi connectivity index (χ3n) is 3.09. The van der Waals surface area contributed by atoms with Crippen molar-refractivity contribution in [1.82, 2.24) is 10.6 Å². The highest BCUT2D eigenvalue weighted by molar-refractivity contribution is 6.34. The molecule has 1 aromatic carbocycles. The van der Waals surface area contributed by atoms with Crippen LogP contribution in [0.3, 0.4) is 0 Å². The van der Waals surface area contributed by atoms with Gasteiger partial charge in [-0.1, -0.05) is 17.7 Å². The van der Waals surface area contributed by atoms with Crippen molar-refractivity contribution in [3.63, 3.8) is 0 Å². The van der Waals surface area contributed by atoms with Gasteiger partial charge in [-0.2, -0.15) is 0 Å². The van der Waals surface area contributed by atoms with Crippen molar-refractivity contribution in [2.24, 2.45) is 0 Å². The van der Waals surface area contributed by atoms with E-state index >= 15 is 0 Å². The van der Waals surface area contributed by atoms with Gasteiger partial charge in [-0.15, -0.1) is 0 Å². The Morgan fingerprint density at radius 1 is 1.50 bits per heavy atom. The van der Waals surface area contributed by atoms with Gasteiger partial charge in [0.15, 0.2) is 0 Å². The molecule has 1 heterocycles. The molecule has 2 rings (SSSR count). The number of amides is 2. The summed E-state index contributed by atoms with van der Waals surface area (Å²) >= 11 is 6.27. The zero-order valence-corrected chi connectivity index (χ0v) is 11.6. The smallest absolute Gasteiger partial charge is 0.322 e. The van der Waals surface area contributed by atoms with Crippen LogP contribution in [0, 0.1) is 13.8 Å². The number of rotatable bonds is 3. The number of hydrogen-bond donors (Lipinski definition) is 2. The molecule has 2 amide bonds. The third kappa shape index (κ3) is 2.44. The minimum atomic E-state index is -0.0795. The second-order valence-corrected chi connectivity index (χ2v) is 5.13. The molecule has 0 spiro atoms. The zero-order chi connectivity index (χ0) is 13.3. The number of urea groups is 1. The summed E-state index contributed by atoms with van der Waals surface area (Å²) in [5.74, 6) is 0. The Labute approximate surface area is 112 Å². The molecule has 4 nitrogen and oxygen atoms in total. The fourth-order valence-corrected chi connectivity index (χ4v) is 2.83. The molecule has 0 aromatic heterocycles. The summed E-state index contributed by atoms with van der Waals surface area (Å²) in [4.78, 5) is 13.7. The number of carbonyl (C=O) groups excluding carboxylic acids is 1.